The van der Waals surface area contributed by atoms with Crippen LogP contribution in [-0.2, 0) is 27.5 Å². The molecular weight excluding hydrogens is 542 g/mol. The Morgan fingerprint density at radius 1 is 1.00 bits per heavy atom. The summed E-state index contributed by atoms with van der Waals surface area (Å²) in [5, 5.41) is 25.6. The summed E-state index contributed by atoms with van der Waals surface area (Å²) in [6.45, 7) is 7.83. The highest BCUT2D eigenvalue weighted by Crippen LogP contribution is 2.19. The first-order valence-electron chi connectivity index (χ1n) is 13.9. The average molecular weight is 580 g/mol. The number of hydrogen-bond donors (Lipinski definition) is 5. The van der Waals surface area contributed by atoms with Crippen molar-refractivity contribution in [2.45, 2.75) is 65.0 Å². The minimum atomic E-state index is -1.37. The highest BCUT2D eigenvalue weighted by Gasteiger charge is 2.31. The number of fused-ring (bicyclic) bond motifs is 3. The fourth-order valence-electron chi connectivity index (χ4n) is 4.71. The second-order valence-electron chi connectivity index (χ2n) is 10.8. The van der Waals surface area contributed by atoms with Crippen LogP contribution in [0.2, 0.25) is 0 Å². The summed E-state index contributed by atoms with van der Waals surface area (Å²) in [6.07, 6.45) is 0.463. The van der Waals surface area contributed by atoms with Crippen molar-refractivity contribution in [3.05, 3.63) is 59.6 Å². The van der Waals surface area contributed by atoms with Crippen LogP contribution in [0, 0.1) is 5.92 Å². The quantitative estimate of drug-likeness (QED) is 0.294. The Hall–Kier alpha value is -4.36. The van der Waals surface area contributed by atoms with Gasteiger partial charge in [-0.2, -0.15) is 0 Å². The van der Waals surface area contributed by atoms with Gasteiger partial charge >= 0.3 is 0 Å². The van der Waals surface area contributed by atoms with Crippen LogP contribution >= 0.6 is 0 Å². The Bertz CT molecular complexity index is 1430. The number of para-hydroxylation sites is 1. The van der Waals surface area contributed by atoms with Gasteiger partial charge in [0, 0.05) is 37.3 Å². The van der Waals surface area contributed by atoms with Gasteiger partial charge in [0.1, 0.15) is 18.1 Å². The fraction of sp³-hybridized carbons (Fsp3) is 0.448. The molecule has 2 bridgehead atoms. The second-order valence-corrected chi connectivity index (χ2v) is 10.8. The Balaban J connectivity index is 1.64. The zero-order valence-electron chi connectivity index (χ0n) is 24.1. The predicted octanol–water partition coefficient (Wildman–Crippen LogP) is 0.480. The summed E-state index contributed by atoms with van der Waals surface area (Å²) in [4.78, 5) is 58.3. The summed E-state index contributed by atoms with van der Waals surface area (Å²) in [5.41, 5.74) is 1.79. The molecule has 1 aromatic carbocycles. The van der Waals surface area contributed by atoms with Crippen molar-refractivity contribution in [1.29, 1.82) is 0 Å². The number of aliphatic hydroxyl groups excluding tert-OH is 1. The number of nitrogens with one attached hydrogen (secondary N) is 4. The molecule has 5 N–H and O–H groups in total. The van der Waals surface area contributed by atoms with Crippen molar-refractivity contribution in [3.8, 4) is 0 Å². The average Bonchev–Trinajstić information content (AvgIpc) is 3.42. The maximum atomic E-state index is 13.1. The number of pyridine rings is 1. The van der Waals surface area contributed by atoms with Crippen LogP contribution in [0.4, 0.5) is 0 Å². The van der Waals surface area contributed by atoms with Crippen LogP contribution in [0.1, 0.15) is 49.5 Å². The number of amides is 4. The lowest BCUT2D eigenvalue weighted by atomic mass is 10.0. The summed E-state index contributed by atoms with van der Waals surface area (Å²) in [7, 11) is 0. The van der Waals surface area contributed by atoms with Gasteiger partial charge in [0.2, 0.25) is 17.7 Å². The molecule has 0 unspecified atom stereocenters. The topological polar surface area (TPSA) is 179 Å². The van der Waals surface area contributed by atoms with Gasteiger partial charge in [-0.3, -0.25) is 29.1 Å². The number of aromatic nitrogens is 2. The Morgan fingerprint density at radius 3 is 2.50 bits per heavy atom. The molecule has 4 amide bonds. The minimum Gasteiger partial charge on any atom is -0.391 e. The number of nitrogens with zero attached hydrogens (tertiary/aromatic N) is 3. The first-order chi connectivity index (χ1) is 20.0. The standard InChI is InChI=1S/C29H37N7O6/c1-16(2)24-28(40)31-11-12-36(14-19-9-10-30-22-8-6-5-7-21(19)22)15-20-13-23(35-42-20)27(39)34-25(18(4)37)29(41)32-17(3)26(38)33-24/h5-10,13,16-18,24-25,37H,11-12,14-15H2,1-4H3,(H,31,40)(H,32,41)(H,33,38)(H,34,39)/t17-,18+,24-,25-/m0/s1. The van der Waals surface area contributed by atoms with Gasteiger partial charge in [0.05, 0.1) is 18.2 Å². The van der Waals surface area contributed by atoms with Crippen LogP contribution in [0.25, 0.3) is 10.9 Å². The van der Waals surface area contributed by atoms with Gasteiger partial charge in [-0.1, -0.05) is 37.2 Å². The van der Waals surface area contributed by atoms with E-state index in [4.69, 9.17) is 4.52 Å². The molecule has 0 aliphatic carbocycles. The lowest BCUT2D eigenvalue weighted by molar-refractivity contribution is -0.133. The molecule has 0 saturated heterocycles. The van der Waals surface area contributed by atoms with E-state index in [0.29, 0.717) is 18.8 Å². The summed E-state index contributed by atoms with van der Waals surface area (Å²) in [6, 6.07) is 7.91. The van der Waals surface area contributed by atoms with Gasteiger partial charge in [-0.05, 0) is 37.5 Å². The first-order valence-corrected chi connectivity index (χ1v) is 13.9. The highest BCUT2D eigenvalue weighted by molar-refractivity contribution is 5.98. The van der Waals surface area contributed by atoms with Crippen molar-refractivity contribution in [1.82, 2.24) is 36.3 Å². The predicted molar refractivity (Wildman–Crippen MR) is 153 cm³/mol. The third-order valence-electron chi connectivity index (χ3n) is 7.08. The number of aliphatic hydroxyl groups is 1. The molecule has 2 aromatic heterocycles. The molecule has 224 valence electrons. The van der Waals surface area contributed by atoms with E-state index >= 15 is 0 Å². The molecule has 1 aliphatic heterocycles. The Kier molecular flexibility index (Phi) is 9.86. The molecule has 0 radical (unpaired) electrons. The summed E-state index contributed by atoms with van der Waals surface area (Å²) >= 11 is 0. The Labute approximate surface area is 243 Å². The van der Waals surface area contributed by atoms with Crippen molar-refractivity contribution < 1.29 is 28.8 Å². The van der Waals surface area contributed by atoms with Gasteiger partial charge in [0.25, 0.3) is 5.91 Å². The van der Waals surface area contributed by atoms with E-state index in [1.807, 2.05) is 35.2 Å². The molecule has 1 aliphatic rings. The summed E-state index contributed by atoms with van der Waals surface area (Å²) < 4.78 is 5.46. The molecule has 4 atom stereocenters. The molecule has 3 heterocycles. The van der Waals surface area contributed by atoms with E-state index in [0.717, 1.165) is 16.5 Å². The van der Waals surface area contributed by atoms with E-state index in [9.17, 15) is 24.3 Å². The molecule has 0 spiro atoms. The van der Waals surface area contributed by atoms with Gasteiger partial charge in [-0.15, -0.1) is 0 Å². The van der Waals surface area contributed by atoms with Crippen LogP contribution in [0.15, 0.2) is 47.1 Å². The van der Waals surface area contributed by atoms with Gasteiger partial charge in [-0.25, -0.2) is 0 Å². The largest absolute Gasteiger partial charge is 0.391 e. The molecule has 3 aromatic rings. The van der Waals surface area contributed by atoms with E-state index < -0.39 is 42.0 Å². The maximum absolute atomic E-state index is 13.1. The van der Waals surface area contributed by atoms with Gasteiger partial charge < -0.3 is 30.9 Å². The van der Waals surface area contributed by atoms with Crippen LogP contribution in [-0.4, -0.2) is 81.1 Å². The fourth-order valence-corrected chi connectivity index (χ4v) is 4.71. The number of carbonyl (C=O) groups excluding carboxylic acids is 4. The first kappa shape index (κ1) is 30.6. The van der Waals surface area contributed by atoms with E-state index in [1.165, 1.54) is 19.9 Å². The van der Waals surface area contributed by atoms with Gasteiger partial charge in [0.15, 0.2) is 11.5 Å². The molecule has 42 heavy (non-hydrogen) atoms. The third-order valence-corrected chi connectivity index (χ3v) is 7.08. The lowest BCUT2D eigenvalue weighted by Gasteiger charge is -2.26. The van der Waals surface area contributed by atoms with E-state index in [2.05, 4.69) is 31.4 Å². The molecular formula is C29H37N7O6. The van der Waals surface area contributed by atoms with Crippen molar-refractivity contribution in [3.63, 3.8) is 0 Å². The molecule has 13 heteroatoms. The Morgan fingerprint density at radius 2 is 1.76 bits per heavy atom. The molecule has 4 rings (SSSR count). The monoisotopic (exact) mass is 579 g/mol. The van der Waals surface area contributed by atoms with Crippen LogP contribution < -0.4 is 21.3 Å². The summed E-state index contributed by atoms with van der Waals surface area (Å²) in [5.74, 6) is -2.27. The van der Waals surface area contributed by atoms with Crippen LogP contribution in [0.5, 0.6) is 0 Å². The third kappa shape index (κ3) is 7.47. The number of rotatable bonds is 4. The number of carbonyl (C=O) groups is 4. The van der Waals surface area contributed by atoms with Crippen LogP contribution in [0.3, 0.4) is 0 Å². The van der Waals surface area contributed by atoms with Crippen molar-refractivity contribution in [2.24, 2.45) is 5.92 Å². The van der Waals surface area contributed by atoms with E-state index in [1.54, 1.807) is 20.0 Å². The SMILES string of the molecule is CC(C)[C@@H]1NC(=O)[C@H](C)NC(=O)[C@H]([C@@H](C)O)NC(=O)c2cc(on2)CN(Cc2ccnc3ccccc23)CCNC1=O. The van der Waals surface area contributed by atoms with Crippen molar-refractivity contribution in [2.75, 3.05) is 13.1 Å². The number of hydrogen-bond acceptors (Lipinski definition) is 9. The zero-order valence-corrected chi connectivity index (χ0v) is 24.1. The maximum Gasteiger partial charge on any atom is 0.274 e. The zero-order chi connectivity index (χ0) is 30.4. The molecule has 0 fully saturated rings. The molecule has 13 nitrogen and oxygen atoms in total. The van der Waals surface area contributed by atoms with E-state index in [-0.39, 0.29) is 30.6 Å². The minimum absolute atomic E-state index is 0.0715. The normalized spacial score (nSPS) is 22.5. The smallest absolute Gasteiger partial charge is 0.274 e. The van der Waals surface area contributed by atoms with Crippen molar-refractivity contribution >= 4 is 34.5 Å². The molecule has 0 saturated carbocycles. The lowest BCUT2D eigenvalue weighted by Crippen LogP contribution is -2.58. The number of benzene rings is 1. The second kappa shape index (κ2) is 13.5. The highest BCUT2D eigenvalue weighted by atomic mass is 16.5.